The summed E-state index contributed by atoms with van der Waals surface area (Å²) in [5.74, 6) is 0.352. The van der Waals surface area contributed by atoms with Crippen molar-refractivity contribution in [2.45, 2.75) is 6.18 Å². The molecule has 0 fully saturated rings. The molecule has 4 nitrogen and oxygen atoms in total. The average molecular weight is 254 g/mol. The smallest absolute Gasteiger partial charge is 0.394 e. The van der Waals surface area contributed by atoms with Crippen LogP contribution in [0.1, 0.15) is 5.56 Å². The molecule has 3 N–H and O–H groups in total. The highest BCUT2D eigenvalue weighted by molar-refractivity contribution is 5.67. The Morgan fingerprint density at radius 1 is 1.11 bits per heavy atom. The molecule has 0 amide bonds. The minimum atomic E-state index is -4.34. The lowest BCUT2D eigenvalue weighted by Crippen LogP contribution is -2.05. The summed E-state index contributed by atoms with van der Waals surface area (Å²) in [6.07, 6.45) is -1.64. The van der Waals surface area contributed by atoms with E-state index in [1.807, 2.05) is 0 Å². The van der Waals surface area contributed by atoms with Crippen LogP contribution in [0.3, 0.4) is 0 Å². The average Bonchev–Trinajstić information content (AvgIpc) is 2.32. The van der Waals surface area contributed by atoms with Crippen LogP contribution in [0.2, 0.25) is 0 Å². The van der Waals surface area contributed by atoms with Crippen LogP contribution in [0, 0.1) is 0 Å². The SMILES string of the molecule is Nc1cncnc1Nc1ccc(C(F)(F)F)cc1. The van der Waals surface area contributed by atoms with E-state index in [0.29, 0.717) is 17.2 Å². The largest absolute Gasteiger partial charge is 0.416 e. The number of nitrogens with zero attached hydrogens (tertiary/aromatic N) is 2. The fourth-order valence-corrected chi connectivity index (χ4v) is 1.32. The summed E-state index contributed by atoms with van der Waals surface area (Å²) >= 11 is 0. The minimum Gasteiger partial charge on any atom is -0.394 e. The summed E-state index contributed by atoms with van der Waals surface area (Å²) in [6, 6.07) is 4.59. The Balaban J connectivity index is 2.19. The molecule has 7 heteroatoms. The summed E-state index contributed by atoms with van der Waals surface area (Å²) in [5.41, 5.74) is 5.68. The van der Waals surface area contributed by atoms with Gasteiger partial charge >= 0.3 is 6.18 Å². The number of alkyl halides is 3. The number of hydrogen-bond donors (Lipinski definition) is 2. The van der Waals surface area contributed by atoms with Crippen LogP contribution >= 0.6 is 0 Å². The lowest BCUT2D eigenvalue weighted by Gasteiger charge is -2.09. The van der Waals surface area contributed by atoms with Crippen LogP contribution in [0.5, 0.6) is 0 Å². The van der Waals surface area contributed by atoms with Gasteiger partial charge in [-0.15, -0.1) is 0 Å². The van der Waals surface area contributed by atoms with Gasteiger partial charge in [0, 0.05) is 5.69 Å². The molecule has 0 saturated carbocycles. The number of aromatic nitrogens is 2. The van der Waals surface area contributed by atoms with Crippen molar-refractivity contribution in [1.29, 1.82) is 0 Å². The van der Waals surface area contributed by atoms with Crippen molar-refractivity contribution in [3.05, 3.63) is 42.4 Å². The normalized spacial score (nSPS) is 11.3. The Kier molecular flexibility index (Phi) is 3.05. The van der Waals surface area contributed by atoms with E-state index in [9.17, 15) is 13.2 Å². The number of nitrogens with two attached hydrogens (primary N) is 1. The zero-order valence-corrected chi connectivity index (χ0v) is 9.07. The predicted octanol–water partition coefficient (Wildman–Crippen LogP) is 2.82. The highest BCUT2D eigenvalue weighted by atomic mass is 19.4. The van der Waals surface area contributed by atoms with Gasteiger partial charge in [-0.3, -0.25) is 0 Å². The molecule has 0 aliphatic carbocycles. The molecule has 0 radical (unpaired) electrons. The molecular formula is C11H9F3N4. The van der Waals surface area contributed by atoms with E-state index in [1.54, 1.807) is 0 Å². The number of benzene rings is 1. The second-order valence-corrected chi connectivity index (χ2v) is 3.53. The van der Waals surface area contributed by atoms with E-state index < -0.39 is 11.7 Å². The minimum absolute atomic E-state index is 0.317. The Morgan fingerprint density at radius 3 is 2.33 bits per heavy atom. The van der Waals surface area contributed by atoms with Gasteiger partial charge < -0.3 is 11.1 Å². The molecule has 1 aromatic heterocycles. The fourth-order valence-electron chi connectivity index (χ4n) is 1.32. The van der Waals surface area contributed by atoms with Crippen LogP contribution in [0.4, 0.5) is 30.4 Å². The van der Waals surface area contributed by atoms with Crippen LogP contribution in [-0.4, -0.2) is 9.97 Å². The van der Waals surface area contributed by atoms with Gasteiger partial charge in [0.2, 0.25) is 0 Å². The third-order valence-corrected chi connectivity index (χ3v) is 2.22. The highest BCUT2D eigenvalue weighted by Gasteiger charge is 2.29. The topological polar surface area (TPSA) is 63.8 Å². The van der Waals surface area contributed by atoms with Crippen molar-refractivity contribution in [3.63, 3.8) is 0 Å². The molecule has 94 valence electrons. The molecule has 1 aromatic carbocycles. The van der Waals surface area contributed by atoms with Crippen LogP contribution < -0.4 is 11.1 Å². The van der Waals surface area contributed by atoms with E-state index >= 15 is 0 Å². The van der Waals surface area contributed by atoms with E-state index in [0.717, 1.165) is 12.1 Å². The van der Waals surface area contributed by atoms with Gasteiger partial charge in [-0.25, -0.2) is 9.97 Å². The number of halogens is 3. The maximum absolute atomic E-state index is 12.3. The molecule has 2 aromatic rings. The Morgan fingerprint density at radius 2 is 1.78 bits per heavy atom. The number of anilines is 3. The molecule has 18 heavy (non-hydrogen) atoms. The Hall–Kier alpha value is -2.31. The Labute approximate surface area is 101 Å². The van der Waals surface area contributed by atoms with Crippen molar-refractivity contribution in [3.8, 4) is 0 Å². The number of rotatable bonds is 2. The molecule has 0 spiro atoms. The molecule has 0 aliphatic heterocycles. The van der Waals surface area contributed by atoms with Crippen LogP contribution in [0.25, 0.3) is 0 Å². The first kappa shape index (κ1) is 12.2. The van der Waals surface area contributed by atoms with Gasteiger partial charge in [-0.1, -0.05) is 0 Å². The first-order chi connectivity index (χ1) is 8.47. The van der Waals surface area contributed by atoms with E-state index in [4.69, 9.17) is 5.73 Å². The number of nitrogens with one attached hydrogen (secondary N) is 1. The summed E-state index contributed by atoms with van der Waals surface area (Å²) < 4.78 is 37.0. The van der Waals surface area contributed by atoms with Crippen LogP contribution in [-0.2, 0) is 6.18 Å². The van der Waals surface area contributed by atoms with Crippen molar-refractivity contribution in [2.24, 2.45) is 0 Å². The Bertz CT molecular complexity index is 537. The van der Waals surface area contributed by atoms with Gasteiger partial charge in [0.05, 0.1) is 17.4 Å². The predicted molar refractivity (Wildman–Crippen MR) is 61.2 cm³/mol. The number of hydrogen-bond acceptors (Lipinski definition) is 4. The maximum atomic E-state index is 12.3. The zero-order chi connectivity index (χ0) is 13.2. The monoisotopic (exact) mass is 254 g/mol. The highest BCUT2D eigenvalue weighted by Crippen LogP contribution is 2.30. The van der Waals surface area contributed by atoms with Crippen molar-refractivity contribution in [1.82, 2.24) is 9.97 Å². The van der Waals surface area contributed by atoms with Gasteiger partial charge in [0.1, 0.15) is 6.33 Å². The van der Waals surface area contributed by atoms with Gasteiger partial charge in [-0.2, -0.15) is 13.2 Å². The molecule has 2 rings (SSSR count). The molecule has 0 aliphatic rings. The fraction of sp³-hybridized carbons (Fsp3) is 0.0909. The summed E-state index contributed by atoms with van der Waals surface area (Å²) in [4.78, 5) is 7.58. The quantitative estimate of drug-likeness (QED) is 0.864. The van der Waals surface area contributed by atoms with Gasteiger partial charge in [0.25, 0.3) is 0 Å². The van der Waals surface area contributed by atoms with Gasteiger partial charge in [-0.05, 0) is 24.3 Å². The second kappa shape index (κ2) is 4.52. The first-order valence-corrected chi connectivity index (χ1v) is 4.96. The zero-order valence-electron chi connectivity index (χ0n) is 9.07. The van der Waals surface area contributed by atoms with Gasteiger partial charge in [0.15, 0.2) is 5.82 Å². The second-order valence-electron chi connectivity index (χ2n) is 3.53. The van der Waals surface area contributed by atoms with E-state index in [-0.39, 0.29) is 0 Å². The molecule has 1 heterocycles. The van der Waals surface area contributed by atoms with Crippen molar-refractivity contribution in [2.75, 3.05) is 11.1 Å². The van der Waals surface area contributed by atoms with E-state index in [2.05, 4.69) is 15.3 Å². The third-order valence-electron chi connectivity index (χ3n) is 2.22. The molecular weight excluding hydrogens is 245 g/mol. The summed E-state index contributed by atoms with van der Waals surface area (Å²) in [6.45, 7) is 0. The molecule has 0 unspecified atom stereocenters. The lowest BCUT2D eigenvalue weighted by molar-refractivity contribution is -0.137. The summed E-state index contributed by atoms with van der Waals surface area (Å²) in [5, 5.41) is 2.81. The van der Waals surface area contributed by atoms with Crippen molar-refractivity contribution < 1.29 is 13.2 Å². The van der Waals surface area contributed by atoms with E-state index in [1.165, 1.54) is 24.7 Å². The lowest BCUT2D eigenvalue weighted by atomic mass is 10.2. The molecule has 0 bridgehead atoms. The first-order valence-electron chi connectivity index (χ1n) is 4.96. The summed E-state index contributed by atoms with van der Waals surface area (Å²) in [7, 11) is 0. The number of nitrogen functional groups attached to an aromatic ring is 1. The van der Waals surface area contributed by atoms with Crippen molar-refractivity contribution >= 4 is 17.2 Å². The molecule has 0 saturated heterocycles. The molecule has 0 atom stereocenters. The van der Waals surface area contributed by atoms with Crippen LogP contribution in [0.15, 0.2) is 36.8 Å². The maximum Gasteiger partial charge on any atom is 0.416 e. The third kappa shape index (κ3) is 2.68. The standard InChI is InChI=1S/C11H9F3N4/c12-11(13,14)7-1-3-8(4-2-7)18-10-9(15)5-16-6-17-10/h1-6H,15H2,(H,16,17,18).